The van der Waals surface area contributed by atoms with E-state index in [4.69, 9.17) is 5.11 Å². The van der Waals surface area contributed by atoms with Crippen molar-refractivity contribution in [2.45, 2.75) is 52.7 Å². The maximum Gasteiger partial charge on any atom is 0.0832 e. The van der Waals surface area contributed by atoms with Crippen molar-refractivity contribution in [1.82, 2.24) is 4.57 Å². The Kier molecular flexibility index (Phi) is 4.74. The number of aryl methyl sites for hydroxylation is 1. The summed E-state index contributed by atoms with van der Waals surface area (Å²) in [6.07, 6.45) is 4.72. The largest absolute Gasteiger partial charge is 0.390 e. The van der Waals surface area contributed by atoms with E-state index in [1.54, 1.807) is 0 Å². The molecule has 0 aliphatic heterocycles. The maximum atomic E-state index is 9.16. The summed E-state index contributed by atoms with van der Waals surface area (Å²) < 4.78 is 2.26. The SMILES string of the molecule is CCCCc1ccc(CO)n1CCC. The molecular weight excluding hydrogens is 174 g/mol. The quantitative estimate of drug-likeness (QED) is 0.742. The second-order valence-corrected chi connectivity index (χ2v) is 3.73. The average molecular weight is 195 g/mol. The summed E-state index contributed by atoms with van der Waals surface area (Å²) in [5.74, 6) is 0. The zero-order valence-corrected chi connectivity index (χ0v) is 9.29. The summed E-state index contributed by atoms with van der Waals surface area (Å²) in [4.78, 5) is 0. The third kappa shape index (κ3) is 2.61. The van der Waals surface area contributed by atoms with Gasteiger partial charge in [-0.1, -0.05) is 20.3 Å². The summed E-state index contributed by atoms with van der Waals surface area (Å²) in [5, 5.41) is 9.16. The third-order valence-corrected chi connectivity index (χ3v) is 2.56. The van der Waals surface area contributed by atoms with Crippen LogP contribution in [-0.2, 0) is 19.6 Å². The van der Waals surface area contributed by atoms with Gasteiger partial charge in [0.2, 0.25) is 0 Å². The Balaban J connectivity index is 2.75. The molecule has 0 atom stereocenters. The zero-order valence-electron chi connectivity index (χ0n) is 9.29. The van der Waals surface area contributed by atoms with Crippen LogP contribution in [0.5, 0.6) is 0 Å². The number of aromatic nitrogens is 1. The Morgan fingerprint density at radius 1 is 1.14 bits per heavy atom. The van der Waals surface area contributed by atoms with Crippen LogP contribution in [-0.4, -0.2) is 9.67 Å². The van der Waals surface area contributed by atoms with Gasteiger partial charge >= 0.3 is 0 Å². The number of nitrogens with zero attached hydrogens (tertiary/aromatic N) is 1. The van der Waals surface area contributed by atoms with Crippen molar-refractivity contribution in [1.29, 1.82) is 0 Å². The minimum atomic E-state index is 0.159. The van der Waals surface area contributed by atoms with Crippen molar-refractivity contribution in [3.8, 4) is 0 Å². The summed E-state index contributed by atoms with van der Waals surface area (Å²) in [5.41, 5.74) is 2.43. The molecule has 1 aromatic rings. The van der Waals surface area contributed by atoms with Crippen LogP contribution in [0.15, 0.2) is 12.1 Å². The van der Waals surface area contributed by atoms with Gasteiger partial charge in [0.05, 0.1) is 6.61 Å². The fourth-order valence-electron chi connectivity index (χ4n) is 1.78. The van der Waals surface area contributed by atoms with E-state index in [2.05, 4.69) is 24.5 Å². The Labute approximate surface area is 86.6 Å². The standard InChI is InChI=1S/C12H21NO/c1-3-5-6-11-7-8-12(10-14)13(11)9-4-2/h7-8,14H,3-6,9-10H2,1-2H3. The van der Waals surface area contributed by atoms with Crippen LogP contribution in [0.3, 0.4) is 0 Å². The highest BCUT2D eigenvalue weighted by molar-refractivity contribution is 5.16. The number of aliphatic hydroxyl groups excluding tert-OH is 1. The van der Waals surface area contributed by atoms with E-state index in [0.29, 0.717) is 0 Å². The van der Waals surface area contributed by atoms with Gasteiger partial charge in [0.1, 0.15) is 0 Å². The van der Waals surface area contributed by atoms with Crippen LogP contribution in [0.25, 0.3) is 0 Å². The smallest absolute Gasteiger partial charge is 0.0832 e. The van der Waals surface area contributed by atoms with Gasteiger partial charge in [0, 0.05) is 17.9 Å². The lowest BCUT2D eigenvalue weighted by molar-refractivity contribution is 0.269. The first-order valence-corrected chi connectivity index (χ1v) is 5.61. The molecule has 0 aliphatic carbocycles. The van der Waals surface area contributed by atoms with Crippen molar-refractivity contribution >= 4 is 0 Å². The molecule has 14 heavy (non-hydrogen) atoms. The molecule has 2 heteroatoms. The summed E-state index contributed by atoms with van der Waals surface area (Å²) in [6.45, 7) is 5.57. The molecule has 0 unspecified atom stereocenters. The highest BCUT2D eigenvalue weighted by atomic mass is 16.3. The lowest BCUT2D eigenvalue weighted by atomic mass is 10.2. The molecule has 2 nitrogen and oxygen atoms in total. The van der Waals surface area contributed by atoms with Gasteiger partial charge in [-0.15, -0.1) is 0 Å². The van der Waals surface area contributed by atoms with Gasteiger partial charge in [0.25, 0.3) is 0 Å². The van der Waals surface area contributed by atoms with Crippen molar-refractivity contribution < 1.29 is 5.11 Å². The molecule has 0 saturated heterocycles. The molecular formula is C12H21NO. The van der Waals surface area contributed by atoms with Crippen molar-refractivity contribution in [2.24, 2.45) is 0 Å². The normalized spacial score (nSPS) is 10.8. The van der Waals surface area contributed by atoms with Crippen molar-refractivity contribution in [3.05, 3.63) is 23.5 Å². The van der Waals surface area contributed by atoms with E-state index >= 15 is 0 Å². The van der Waals surface area contributed by atoms with Crippen LogP contribution < -0.4 is 0 Å². The third-order valence-electron chi connectivity index (χ3n) is 2.56. The molecule has 0 spiro atoms. The van der Waals surface area contributed by atoms with Gasteiger partial charge in [0.15, 0.2) is 0 Å². The Hall–Kier alpha value is -0.760. The van der Waals surface area contributed by atoms with E-state index in [1.165, 1.54) is 18.5 Å². The Morgan fingerprint density at radius 3 is 2.43 bits per heavy atom. The van der Waals surface area contributed by atoms with Gasteiger partial charge in [-0.2, -0.15) is 0 Å². The van der Waals surface area contributed by atoms with Gasteiger partial charge in [-0.25, -0.2) is 0 Å². The predicted molar refractivity (Wildman–Crippen MR) is 59.3 cm³/mol. The average Bonchev–Trinajstić information content (AvgIpc) is 2.58. The molecule has 0 bridgehead atoms. The van der Waals surface area contributed by atoms with Crippen LogP contribution in [0.1, 0.15) is 44.5 Å². The molecule has 80 valence electrons. The number of hydrogen-bond donors (Lipinski definition) is 1. The van der Waals surface area contributed by atoms with Crippen LogP contribution >= 0.6 is 0 Å². The topological polar surface area (TPSA) is 25.2 Å². The first-order chi connectivity index (χ1) is 6.83. The molecule has 0 aromatic carbocycles. The van der Waals surface area contributed by atoms with Crippen molar-refractivity contribution in [2.75, 3.05) is 0 Å². The molecule has 0 aliphatic rings. The molecule has 1 aromatic heterocycles. The van der Waals surface area contributed by atoms with E-state index in [0.717, 1.165) is 25.1 Å². The predicted octanol–water partition coefficient (Wildman–Crippen LogP) is 2.73. The summed E-state index contributed by atoms with van der Waals surface area (Å²) >= 11 is 0. The Morgan fingerprint density at radius 2 is 1.86 bits per heavy atom. The number of aliphatic hydroxyl groups is 1. The van der Waals surface area contributed by atoms with Crippen molar-refractivity contribution in [3.63, 3.8) is 0 Å². The second kappa shape index (κ2) is 5.86. The fourth-order valence-corrected chi connectivity index (χ4v) is 1.78. The molecule has 0 saturated carbocycles. The zero-order chi connectivity index (χ0) is 10.4. The van der Waals surface area contributed by atoms with E-state index in [1.807, 2.05) is 6.07 Å². The first kappa shape index (κ1) is 11.3. The minimum absolute atomic E-state index is 0.159. The van der Waals surface area contributed by atoms with E-state index < -0.39 is 0 Å². The van der Waals surface area contributed by atoms with Gasteiger partial charge < -0.3 is 9.67 Å². The number of unbranched alkanes of at least 4 members (excludes halogenated alkanes) is 1. The molecule has 0 radical (unpaired) electrons. The minimum Gasteiger partial charge on any atom is -0.390 e. The molecule has 0 fully saturated rings. The van der Waals surface area contributed by atoms with Gasteiger partial charge in [-0.05, 0) is 31.4 Å². The number of hydrogen-bond acceptors (Lipinski definition) is 1. The Bertz CT molecular complexity index is 265. The molecule has 0 amide bonds. The fraction of sp³-hybridized carbons (Fsp3) is 0.667. The van der Waals surface area contributed by atoms with E-state index in [9.17, 15) is 0 Å². The number of rotatable bonds is 6. The molecule has 1 N–H and O–H groups in total. The van der Waals surface area contributed by atoms with Crippen LogP contribution in [0.4, 0.5) is 0 Å². The van der Waals surface area contributed by atoms with Gasteiger partial charge in [-0.3, -0.25) is 0 Å². The van der Waals surface area contributed by atoms with E-state index in [-0.39, 0.29) is 6.61 Å². The summed E-state index contributed by atoms with van der Waals surface area (Å²) in [6, 6.07) is 4.19. The lowest BCUT2D eigenvalue weighted by Crippen LogP contribution is -2.06. The maximum absolute atomic E-state index is 9.16. The first-order valence-electron chi connectivity index (χ1n) is 5.61. The molecule has 1 heterocycles. The van der Waals surface area contributed by atoms with Crippen LogP contribution in [0, 0.1) is 0 Å². The monoisotopic (exact) mass is 195 g/mol. The highest BCUT2D eigenvalue weighted by Crippen LogP contribution is 2.13. The highest BCUT2D eigenvalue weighted by Gasteiger charge is 2.05. The summed E-state index contributed by atoms with van der Waals surface area (Å²) in [7, 11) is 0. The lowest BCUT2D eigenvalue weighted by Gasteiger charge is -2.10. The van der Waals surface area contributed by atoms with Crippen LogP contribution in [0.2, 0.25) is 0 Å². The second-order valence-electron chi connectivity index (χ2n) is 3.73. The molecule has 1 rings (SSSR count).